The minimum absolute atomic E-state index is 0.119. The van der Waals surface area contributed by atoms with Crippen LogP contribution in [-0.2, 0) is 0 Å². The van der Waals surface area contributed by atoms with Crippen LogP contribution in [0.1, 0.15) is 27.0 Å². The summed E-state index contributed by atoms with van der Waals surface area (Å²) in [5.41, 5.74) is 5.58. The van der Waals surface area contributed by atoms with Crippen LogP contribution in [0.15, 0.2) is 34.8 Å². The van der Waals surface area contributed by atoms with Gasteiger partial charge in [0, 0.05) is 17.2 Å². The Morgan fingerprint density at radius 3 is 2.38 bits per heavy atom. The summed E-state index contributed by atoms with van der Waals surface area (Å²) in [7, 11) is 1.82. The molecule has 3 nitrogen and oxygen atoms in total. The van der Waals surface area contributed by atoms with Gasteiger partial charge in [-0.3, -0.25) is 4.79 Å². The minimum atomic E-state index is -0.119. The molecule has 0 spiro atoms. The largest absolute Gasteiger partial charge is 0.387 e. The molecule has 0 unspecified atom stereocenters. The Morgan fingerprint density at radius 1 is 1.05 bits per heavy atom. The summed E-state index contributed by atoms with van der Waals surface area (Å²) >= 11 is 3.52. The molecule has 0 aromatic heterocycles. The molecule has 0 radical (unpaired) electrons. The highest BCUT2D eigenvalue weighted by Crippen LogP contribution is 2.29. The Bertz CT molecular complexity index is 672. The topological polar surface area (TPSA) is 41.1 Å². The summed E-state index contributed by atoms with van der Waals surface area (Å²) in [6.45, 7) is 6.02. The third-order valence-electron chi connectivity index (χ3n) is 3.36. The predicted octanol–water partition coefficient (Wildman–Crippen LogP) is 4.67. The van der Waals surface area contributed by atoms with Gasteiger partial charge in [-0.1, -0.05) is 12.1 Å². The molecule has 2 aromatic rings. The molecule has 0 aliphatic rings. The Labute approximate surface area is 133 Å². The summed E-state index contributed by atoms with van der Waals surface area (Å²) in [4.78, 5) is 12.5. The van der Waals surface area contributed by atoms with Crippen LogP contribution in [0.3, 0.4) is 0 Å². The lowest BCUT2D eigenvalue weighted by Gasteiger charge is -2.14. The smallest absolute Gasteiger partial charge is 0.257 e. The Morgan fingerprint density at radius 2 is 1.76 bits per heavy atom. The van der Waals surface area contributed by atoms with E-state index in [1.165, 1.54) is 0 Å². The minimum Gasteiger partial charge on any atom is -0.387 e. The zero-order valence-corrected chi connectivity index (χ0v) is 14.3. The van der Waals surface area contributed by atoms with E-state index in [0.717, 1.165) is 32.5 Å². The number of nitrogens with one attached hydrogen (secondary N) is 2. The van der Waals surface area contributed by atoms with Crippen molar-refractivity contribution in [1.82, 2.24) is 0 Å². The summed E-state index contributed by atoms with van der Waals surface area (Å²) in [5, 5.41) is 6.06. The zero-order valence-electron chi connectivity index (χ0n) is 12.7. The molecular weight excluding hydrogens is 328 g/mol. The first-order chi connectivity index (χ1) is 9.92. The van der Waals surface area contributed by atoms with Gasteiger partial charge in [0.25, 0.3) is 5.91 Å². The van der Waals surface area contributed by atoms with Crippen molar-refractivity contribution in [1.29, 1.82) is 0 Å². The van der Waals surface area contributed by atoms with Gasteiger partial charge in [-0.15, -0.1) is 0 Å². The molecule has 1 amide bonds. The number of hydrogen-bond donors (Lipinski definition) is 2. The molecule has 21 heavy (non-hydrogen) atoms. The van der Waals surface area contributed by atoms with Crippen molar-refractivity contribution < 1.29 is 4.79 Å². The Balaban J connectivity index is 2.35. The van der Waals surface area contributed by atoms with Gasteiger partial charge >= 0.3 is 0 Å². The van der Waals surface area contributed by atoms with E-state index in [4.69, 9.17) is 0 Å². The maximum Gasteiger partial charge on any atom is 0.257 e. The van der Waals surface area contributed by atoms with Crippen LogP contribution in [0.5, 0.6) is 0 Å². The fourth-order valence-corrected chi connectivity index (χ4v) is 3.09. The monoisotopic (exact) mass is 346 g/mol. The number of aryl methyl sites for hydroxylation is 3. The Kier molecular flexibility index (Phi) is 4.68. The second-order valence-electron chi connectivity index (χ2n) is 5.19. The number of hydrogen-bond acceptors (Lipinski definition) is 2. The normalized spacial score (nSPS) is 10.3. The molecule has 4 heteroatoms. The van der Waals surface area contributed by atoms with Crippen molar-refractivity contribution in [2.75, 3.05) is 17.7 Å². The molecule has 2 aromatic carbocycles. The number of halogens is 1. The molecule has 0 saturated heterocycles. The average molecular weight is 347 g/mol. The Hall–Kier alpha value is -1.81. The maximum atomic E-state index is 12.5. The second-order valence-corrected chi connectivity index (χ2v) is 6.05. The van der Waals surface area contributed by atoms with Gasteiger partial charge in [0.1, 0.15) is 0 Å². The van der Waals surface area contributed by atoms with Crippen LogP contribution in [0.4, 0.5) is 11.4 Å². The molecule has 0 bridgehead atoms. The molecule has 0 saturated carbocycles. The van der Waals surface area contributed by atoms with Gasteiger partial charge in [-0.25, -0.2) is 0 Å². The highest BCUT2D eigenvalue weighted by molar-refractivity contribution is 9.10. The quantitative estimate of drug-likeness (QED) is 0.847. The molecule has 0 aliphatic carbocycles. The lowest BCUT2D eigenvalue weighted by molar-refractivity contribution is 0.102. The number of amides is 1. The standard InChI is InChI=1S/C17H19BrN2O/c1-10-5-6-13(15(9-10)19-4)17(21)20-16-12(3)7-11(2)8-14(16)18/h5-9,19H,1-4H3,(H,20,21). The van der Waals surface area contributed by atoms with Crippen LogP contribution in [0, 0.1) is 20.8 Å². The van der Waals surface area contributed by atoms with E-state index in [2.05, 4.69) is 32.6 Å². The fraction of sp³-hybridized carbons (Fsp3) is 0.235. The van der Waals surface area contributed by atoms with Gasteiger partial charge in [0.15, 0.2) is 0 Å². The summed E-state index contributed by atoms with van der Waals surface area (Å²) in [5.74, 6) is -0.119. The number of anilines is 2. The predicted molar refractivity (Wildman–Crippen MR) is 92.3 cm³/mol. The van der Waals surface area contributed by atoms with Gasteiger partial charge in [0.05, 0.1) is 11.3 Å². The van der Waals surface area contributed by atoms with E-state index in [1.54, 1.807) is 0 Å². The molecule has 0 fully saturated rings. The molecule has 110 valence electrons. The highest BCUT2D eigenvalue weighted by Gasteiger charge is 2.14. The van der Waals surface area contributed by atoms with Gasteiger partial charge < -0.3 is 10.6 Å². The van der Waals surface area contributed by atoms with Crippen LogP contribution in [0.25, 0.3) is 0 Å². The molecule has 2 rings (SSSR count). The van der Waals surface area contributed by atoms with E-state index in [1.807, 2.05) is 52.1 Å². The van der Waals surface area contributed by atoms with E-state index in [9.17, 15) is 4.79 Å². The second kappa shape index (κ2) is 6.31. The zero-order chi connectivity index (χ0) is 15.6. The van der Waals surface area contributed by atoms with Crippen molar-refractivity contribution in [3.8, 4) is 0 Å². The highest BCUT2D eigenvalue weighted by atomic mass is 79.9. The third kappa shape index (κ3) is 3.45. The van der Waals surface area contributed by atoms with Crippen molar-refractivity contribution in [2.45, 2.75) is 20.8 Å². The van der Waals surface area contributed by atoms with E-state index >= 15 is 0 Å². The summed E-state index contributed by atoms with van der Waals surface area (Å²) in [6, 6.07) is 9.79. The number of benzene rings is 2. The number of rotatable bonds is 3. The number of carbonyl (C=O) groups is 1. The van der Waals surface area contributed by atoms with Crippen molar-refractivity contribution >= 4 is 33.2 Å². The lowest BCUT2D eigenvalue weighted by atomic mass is 10.1. The number of carbonyl (C=O) groups excluding carboxylic acids is 1. The molecule has 0 atom stereocenters. The van der Waals surface area contributed by atoms with Crippen LogP contribution >= 0.6 is 15.9 Å². The molecular formula is C17H19BrN2O. The van der Waals surface area contributed by atoms with Crippen LogP contribution in [0.2, 0.25) is 0 Å². The lowest BCUT2D eigenvalue weighted by Crippen LogP contribution is -2.15. The molecule has 0 heterocycles. The van der Waals surface area contributed by atoms with E-state index in [0.29, 0.717) is 5.56 Å². The van der Waals surface area contributed by atoms with E-state index < -0.39 is 0 Å². The van der Waals surface area contributed by atoms with Gasteiger partial charge in [0.2, 0.25) is 0 Å². The molecule has 0 aliphatic heterocycles. The van der Waals surface area contributed by atoms with Crippen molar-refractivity contribution in [3.05, 3.63) is 57.1 Å². The third-order valence-corrected chi connectivity index (χ3v) is 3.98. The summed E-state index contributed by atoms with van der Waals surface area (Å²) in [6.07, 6.45) is 0. The van der Waals surface area contributed by atoms with Crippen molar-refractivity contribution in [3.63, 3.8) is 0 Å². The maximum absolute atomic E-state index is 12.5. The first-order valence-electron chi connectivity index (χ1n) is 6.79. The van der Waals surface area contributed by atoms with Gasteiger partial charge in [-0.05, 0) is 71.6 Å². The summed E-state index contributed by atoms with van der Waals surface area (Å²) < 4.78 is 0.895. The van der Waals surface area contributed by atoms with Crippen LogP contribution in [-0.4, -0.2) is 13.0 Å². The van der Waals surface area contributed by atoms with Crippen LogP contribution < -0.4 is 10.6 Å². The SMILES string of the molecule is CNc1cc(C)ccc1C(=O)Nc1c(C)cc(C)cc1Br. The van der Waals surface area contributed by atoms with Gasteiger partial charge in [-0.2, -0.15) is 0 Å². The first kappa shape index (κ1) is 15.6. The van der Waals surface area contributed by atoms with Crippen molar-refractivity contribution in [2.24, 2.45) is 0 Å². The first-order valence-corrected chi connectivity index (χ1v) is 7.58. The van der Waals surface area contributed by atoms with E-state index in [-0.39, 0.29) is 5.91 Å². The fourth-order valence-electron chi connectivity index (χ4n) is 2.32. The molecule has 2 N–H and O–H groups in total. The average Bonchev–Trinajstić information content (AvgIpc) is 2.42.